The van der Waals surface area contributed by atoms with Gasteiger partial charge in [0.2, 0.25) is 0 Å². The molecule has 2 rings (SSSR count). The highest BCUT2D eigenvalue weighted by atomic mass is 16.4. The van der Waals surface area contributed by atoms with Gasteiger partial charge in [0.25, 0.3) is 5.91 Å². The van der Waals surface area contributed by atoms with Gasteiger partial charge in [0.05, 0.1) is 0 Å². The average molecular weight is 287 g/mol. The number of hydrogen-bond acceptors (Lipinski definition) is 4. The lowest BCUT2D eigenvalue weighted by atomic mass is 10.2. The van der Waals surface area contributed by atoms with Crippen molar-refractivity contribution in [2.24, 2.45) is 10.9 Å². The van der Waals surface area contributed by atoms with Crippen LogP contribution in [0.1, 0.15) is 22.7 Å². The number of benzene rings is 1. The molecule has 0 spiro atoms. The van der Waals surface area contributed by atoms with Gasteiger partial charge in [-0.25, -0.2) is 0 Å². The average Bonchev–Trinajstić information content (AvgIpc) is 2.94. The van der Waals surface area contributed by atoms with E-state index in [1.54, 1.807) is 19.1 Å². The van der Waals surface area contributed by atoms with Crippen LogP contribution >= 0.6 is 0 Å². The van der Waals surface area contributed by atoms with Gasteiger partial charge in [-0.1, -0.05) is 23.4 Å². The number of anilines is 1. The molecule has 0 saturated heterocycles. The number of oxime groups is 1. The predicted octanol–water partition coefficient (Wildman–Crippen LogP) is 2.37. The number of furan rings is 1. The lowest BCUT2D eigenvalue weighted by Crippen LogP contribution is -2.34. The second kappa shape index (κ2) is 6.60. The van der Waals surface area contributed by atoms with E-state index < -0.39 is 0 Å². The number of hydrogen-bond donors (Lipinski definition) is 2. The molecule has 6 heteroatoms. The molecule has 0 atom stereocenters. The van der Waals surface area contributed by atoms with Crippen LogP contribution in [0.3, 0.4) is 0 Å². The predicted molar refractivity (Wildman–Crippen MR) is 79.6 cm³/mol. The molecule has 0 radical (unpaired) electrons. The Morgan fingerprint density at radius 2 is 2.00 bits per heavy atom. The van der Waals surface area contributed by atoms with Gasteiger partial charge in [-0.3, -0.25) is 4.79 Å². The largest absolute Gasteiger partial charge is 0.456 e. The summed E-state index contributed by atoms with van der Waals surface area (Å²) in [5.74, 6) is 0.734. The molecule has 0 bridgehead atoms. The van der Waals surface area contributed by atoms with Crippen LogP contribution in [0, 0.1) is 6.92 Å². The summed E-state index contributed by atoms with van der Waals surface area (Å²) in [5, 5.41) is 11.5. The highest BCUT2D eigenvalue weighted by molar-refractivity contribution is 6.04. The van der Waals surface area contributed by atoms with Crippen LogP contribution in [-0.2, 0) is 0 Å². The van der Waals surface area contributed by atoms with Gasteiger partial charge < -0.3 is 20.3 Å². The SMILES string of the molecule is Cc1ccc(C(=O)N(CC/C(N)=N/O)c2ccccc2)o1. The van der Waals surface area contributed by atoms with E-state index in [-0.39, 0.29) is 23.9 Å². The smallest absolute Gasteiger partial charge is 0.293 e. The monoisotopic (exact) mass is 287 g/mol. The van der Waals surface area contributed by atoms with Crippen LogP contribution in [0.5, 0.6) is 0 Å². The second-order valence-electron chi connectivity index (χ2n) is 4.54. The Labute approximate surface area is 122 Å². The maximum Gasteiger partial charge on any atom is 0.293 e. The van der Waals surface area contributed by atoms with Gasteiger partial charge in [-0.2, -0.15) is 0 Å². The normalized spacial score (nSPS) is 11.4. The summed E-state index contributed by atoms with van der Waals surface area (Å²) in [6.07, 6.45) is 0.261. The van der Waals surface area contributed by atoms with Crippen molar-refractivity contribution in [1.29, 1.82) is 0 Å². The zero-order chi connectivity index (χ0) is 15.2. The minimum absolute atomic E-state index is 0.0688. The Kier molecular flexibility index (Phi) is 4.61. The van der Waals surface area contributed by atoms with Crippen molar-refractivity contribution in [2.75, 3.05) is 11.4 Å². The second-order valence-corrected chi connectivity index (χ2v) is 4.54. The maximum atomic E-state index is 12.5. The van der Waals surface area contributed by atoms with Gasteiger partial charge >= 0.3 is 0 Å². The number of nitrogens with zero attached hydrogens (tertiary/aromatic N) is 2. The molecule has 110 valence electrons. The molecule has 1 heterocycles. The van der Waals surface area contributed by atoms with E-state index in [1.165, 1.54) is 4.90 Å². The summed E-state index contributed by atoms with van der Waals surface area (Å²) in [6, 6.07) is 12.6. The van der Waals surface area contributed by atoms with Gasteiger partial charge in [0.1, 0.15) is 11.6 Å². The third kappa shape index (κ3) is 3.62. The third-order valence-electron chi connectivity index (χ3n) is 2.98. The number of aryl methyl sites for hydroxylation is 1. The molecule has 0 saturated carbocycles. The van der Waals surface area contributed by atoms with Crippen LogP contribution in [0.4, 0.5) is 5.69 Å². The summed E-state index contributed by atoms with van der Waals surface area (Å²) < 4.78 is 5.38. The molecule has 21 heavy (non-hydrogen) atoms. The highest BCUT2D eigenvalue weighted by Gasteiger charge is 2.20. The van der Waals surface area contributed by atoms with Crippen molar-refractivity contribution in [3.05, 3.63) is 54.0 Å². The van der Waals surface area contributed by atoms with E-state index >= 15 is 0 Å². The highest BCUT2D eigenvalue weighted by Crippen LogP contribution is 2.18. The number of amidine groups is 1. The first-order valence-electron chi connectivity index (χ1n) is 6.51. The first-order valence-corrected chi connectivity index (χ1v) is 6.51. The zero-order valence-electron chi connectivity index (χ0n) is 11.7. The first-order chi connectivity index (χ1) is 10.1. The van der Waals surface area contributed by atoms with E-state index in [0.29, 0.717) is 12.3 Å². The Hall–Kier alpha value is -2.76. The number of rotatable bonds is 5. The van der Waals surface area contributed by atoms with E-state index in [0.717, 1.165) is 5.69 Å². The fraction of sp³-hybridized carbons (Fsp3) is 0.200. The molecular weight excluding hydrogens is 270 g/mol. The van der Waals surface area contributed by atoms with Crippen molar-refractivity contribution in [3.63, 3.8) is 0 Å². The summed E-state index contributed by atoms with van der Waals surface area (Å²) in [7, 11) is 0. The number of nitrogens with two attached hydrogens (primary N) is 1. The Bertz CT molecular complexity index is 635. The van der Waals surface area contributed by atoms with Crippen LogP contribution in [0.15, 0.2) is 52.0 Å². The molecule has 1 aromatic heterocycles. The molecule has 6 nitrogen and oxygen atoms in total. The topological polar surface area (TPSA) is 92.1 Å². The van der Waals surface area contributed by atoms with Crippen molar-refractivity contribution in [3.8, 4) is 0 Å². The quantitative estimate of drug-likeness (QED) is 0.382. The molecule has 0 aliphatic heterocycles. The number of carbonyl (C=O) groups excluding carboxylic acids is 1. The van der Waals surface area contributed by atoms with E-state index in [9.17, 15) is 4.79 Å². The van der Waals surface area contributed by atoms with Crippen LogP contribution in [-0.4, -0.2) is 23.5 Å². The minimum atomic E-state index is -0.264. The molecule has 0 aliphatic rings. The summed E-state index contributed by atoms with van der Waals surface area (Å²) in [5.41, 5.74) is 6.21. The summed E-state index contributed by atoms with van der Waals surface area (Å²) in [6.45, 7) is 2.07. The molecule has 2 aromatic rings. The van der Waals surface area contributed by atoms with Crippen molar-refractivity contribution < 1.29 is 14.4 Å². The molecule has 1 amide bonds. The van der Waals surface area contributed by atoms with Crippen LogP contribution < -0.4 is 10.6 Å². The minimum Gasteiger partial charge on any atom is -0.456 e. The van der Waals surface area contributed by atoms with E-state index in [1.807, 2.05) is 30.3 Å². The van der Waals surface area contributed by atoms with Crippen molar-refractivity contribution >= 4 is 17.4 Å². The molecule has 0 aliphatic carbocycles. The summed E-state index contributed by atoms with van der Waals surface area (Å²) in [4.78, 5) is 14.1. The molecule has 1 aromatic carbocycles. The standard InChI is InChI=1S/C15H17N3O3/c1-11-7-8-13(21-11)15(19)18(10-9-14(16)17-20)12-5-3-2-4-6-12/h2-8,20H,9-10H2,1H3,(H2,16,17). The number of carbonyl (C=O) groups is 1. The molecule has 0 fully saturated rings. The van der Waals surface area contributed by atoms with Crippen LogP contribution in [0.25, 0.3) is 0 Å². The number of amides is 1. The lowest BCUT2D eigenvalue weighted by molar-refractivity contribution is 0.0959. The summed E-state index contributed by atoms with van der Waals surface area (Å²) >= 11 is 0. The third-order valence-corrected chi connectivity index (χ3v) is 2.98. The van der Waals surface area contributed by atoms with Crippen molar-refractivity contribution in [2.45, 2.75) is 13.3 Å². The maximum absolute atomic E-state index is 12.5. The van der Waals surface area contributed by atoms with Crippen molar-refractivity contribution in [1.82, 2.24) is 0 Å². The van der Waals surface area contributed by atoms with E-state index in [4.69, 9.17) is 15.4 Å². The molecular formula is C15H17N3O3. The fourth-order valence-corrected chi connectivity index (χ4v) is 1.91. The first kappa shape index (κ1) is 14.6. The van der Waals surface area contributed by atoms with Gasteiger partial charge in [-0.15, -0.1) is 0 Å². The Morgan fingerprint density at radius 1 is 1.29 bits per heavy atom. The Morgan fingerprint density at radius 3 is 2.57 bits per heavy atom. The van der Waals surface area contributed by atoms with Gasteiger partial charge in [-0.05, 0) is 31.2 Å². The van der Waals surface area contributed by atoms with E-state index in [2.05, 4.69) is 5.16 Å². The molecule has 0 unspecified atom stereocenters. The lowest BCUT2D eigenvalue weighted by Gasteiger charge is -2.21. The molecule has 3 N–H and O–H groups in total. The van der Waals surface area contributed by atoms with Crippen LogP contribution in [0.2, 0.25) is 0 Å². The fourth-order valence-electron chi connectivity index (χ4n) is 1.91. The zero-order valence-corrected chi connectivity index (χ0v) is 11.7. The van der Waals surface area contributed by atoms with Gasteiger partial charge in [0.15, 0.2) is 5.76 Å². The Balaban J connectivity index is 2.25. The number of para-hydroxylation sites is 1. The van der Waals surface area contributed by atoms with Gasteiger partial charge in [0, 0.05) is 18.7 Å².